The van der Waals surface area contributed by atoms with Crippen molar-refractivity contribution in [3.05, 3.63) is 49.9 Å². The molecular formula is C14H11Cl2N2O3S-. The van der Waals surface area contributed by atoms with E-state index in [1.165, 1.54) is 11.3 Å². The van der Waals surface area contributed by atoms with E-state index in [1.54, 1.807) is 23.6 Å². The van der Waals surface area contributed by atoms with Gasteiger partial charge in [0.25, 0.3) is 0 Å². The van der Waals surface area contributed by atoms with Crippen molar-refractivity contribution in [1.82, 2.24) is 10.3 Å². The maximum Gasteiger partial charge on any atom is 0.227 e. The van der Waals surface area contributed by atoms with E-state index in [9.17, 15) is 14.7 Å². The van der Waals surface area contributed by atoms with Crippen molar-refractivity contribution in [3.63, 3.8) is 0 Å². The van der Waals surface area contributed by atoms with Crippen LogP contribution in [-0.2, 0) is 29.0 Å². The molecule has 1 N–H and O–H groups in total. The number of carboxylic acid groups (broad SMARTS) is 1. The Morgan fingerprint density at radius 2 is 2.05 bits per heavy atom. The molecule has 0 aliphatic heterocycles. The summed E-state index contributed by atoms with van der Waals surface area (Å²) in [6.45, 7) is 0.284. The standard InChI is InChI=1S/C14H12Cl2N2O3S/c15-9-2-1-8(11(16)3-9)6-17-12(19)5-13-18-10(7-22-13)4-14(20)21/h1-3,7H,4-6H2,(H,17,19)(H,20,21)/p-1. The zero-order valence-electron chi connectivity index (χ0n) is 11.3. The first kappa shape index (κ1) is 16.7. The molecule has 0 saturated carbocycles. The van der Waals surface area contributed by atoms with E-state index >= 15 is 0 Å². The monoisotopic (exact) mass is 357 g/mol. The third kappa shape index (κ3) is 4.98. The van der Waals surface area contributed by atoms with Crippen LogP contribution >= 0.6 is 34.5 Å². The number of nitrogens with one attached hydrogen (secondary N) is 1. The molecule has 1 amide bonds. The molecule has 116 valence electrons. The first-order valence-electron chi connectivity index (χ1n) is 6.28. The second-order valence-electron chi connectivity index (χ2n) is 4.47. The lowest BCUT2D eigenvalue weighted by Gasteiger charge is -2.06. The second kappa shape index (κ2) is 7.58. The molecule has 1 aromatic carbocycles. The predicted molar refractivity (Wildman–Crippen MR) is 82.8 cm³/mol. The minimum absolute atomic E-state index is 0.0862. The molecule has 0 spiro atoms. The molecule has 1 aromatic heterocycles. The van der Waals surface area contributed by atoms with Gasteiger partial charge >= 0.3 is 0 Å². The molecule has 0 radical (unpaired) electrons. The highest BCUT2D eigenvalue weighted by atomic mass is 35.5. The molecule has 5 nitrogen and oxygen atoms in total. The Balaban J connectivity index is 1.87. The molecule has 0 atom stereocenters. The van der Waals surface area contributed by atoms with Gasteiger partial charge in [-0.05, 0) is 17.7 Å². The summed E-state index contributed by atoms with van der Waals surface area (Å²) in [7, 11) is 0. The van der Waals surface area contributed by atoms with Gasteiger partial charge in [0.15, 0.2) is 0 Å². The van der Waals surface area contributed by atoms with E-state index in [0.717, 1.165) is 5.56 Å². The Morgan fingerprint density at radius 3 is 2.73 bits per heavy atom. The fourth-order valence-electron chi connectivity index (χ4n) is 1.72. The van der Waals surface area contributed by atoms with Crippen LogP contribution in [0, 0.1) is 0 Å². The predicted octanol–water partition coefficient (Wildman–Crippen LogP) is 1.60. The minimum Gasteiger partial charge on any atom is -0.550 e. The molecule has 2 aromatic rings. The molecule has 1 heterocycles. The molecule has 0 unspecified atom stereocenters. The van der Waals surface area contributed by atoms with Gasteiger partial charge in [0.05, 0.1) is 12.1 Å². The molecule has 0 fully saturated rings. The van der Waals surface area contributed by atoms with Gasteiger partial charge in [0.1, 0.15) is 5.01 Å². The Labute approximate surface area is 140 Å². The molecule has 22 heavy (non-hydrogen) atoms. The number of nitrogens with zero attached hydrogens (tertiary/aromatic N) is 1. The fraction of sp³-hybridized carbons (Fsp3) is 0.214. The summed E-state index contributed by atoms with van der Waals surface area (Å²) in [5.74, 6) is -1.42. The summed E-state index contributed by atoms with van der Waals surface area (Å²) in [5, 5.41) is 16.4. The van der Waals surface area contributed by atoms with E-state index in [1.807, 2.05) is 0 Å². The summed E-state index contributed by atoms with van der Waals surface area (Å²) in [5.41, 5.74) is 1.16. The number of halogens is 2. The number of rotatable bonds is 6. The van der Waals surface area contributed by atoms with Crippen LogP contribution in [-0.4, -0.2) is 16.9 Å². The number of aliphatic carboxylic acids is 1. The van der Waals surface area contributed by atoms with Crippen LogP contribution in [0.1, 0.15) is 16.3 Å². The highest BCUT2D eigenvalue weighted by molar-refractivity contribution is 7.09. The number of aromatic nitrogens is 1. The summed E-state index contributed by atoms with van der Waals surface area (Å²) in [4.78, 5) is 26.4. The van der Waals surface area contributed by atoms with Crippen molar-refractivity contribution in [2.24, 2.45) is 0 Å². The minimum atomic E-state index is -1.20. The third-order valence-electron chi connectivity index (χ3n) is 2.73. The number of carboxylic acids is 1. The molecule has 8 heteroatoms. The first-order chi connectivity index (χ1) is 10.4. The average molecular weight is 358 g/mol. The van der Waals surface area contributed by atoms with Gasteiger partial charge in [0.2, 0.25) is 5.91 Å². The van der Waals surface area contributed by atoms with Crippen molar-refractivity contribution in [2.45, 2.75) is 19.4 Å². The largest absolute Gasteiger partial charge is 0.550 e. The van der Waals surface area contributed by atoms with Crippen LogP contribution in [0.4, 0.5) is 0 Å². The Hall–Kier alpha value is -1.63. The molecule has 0 aliphatic rings. The Morgan fingerprint density at radius 1 is 1.27 bits per heavy atom. The maximum absolute atomic E-state index is 11.9. The topological polar surface area (TPSA) is 82.1 Å². The van der Waals surface area contributed by atoms with E-state index < -0.39 is 5.97 Å². The van der Waals surface area contributed by atoms with Crippen molar-refractivity contribution in [1.29, 1.82) is 0 Å². The number of hydrogen-bond acceptors (Lipinski definition) is 5. The third-order valence-corrected chi connectivity index (χ3v) is 4.21. The zero-order valence-corrected chi connectivity index (χ0v) is 13.6. The number of carbonyl (C=O) groups is 2. The number of hydrogen-bond donors (Lipinski definition) is 1. The molecule has 0 saturated heterocycles. The average Bonchev–Trinajstić information content (AvgIpc) is 2.84. The Bertz CT molecular complexity index is 703. The number of amides is 1. The normalized spacial score (nSPS) is 10.5. The van der Waals surface area contributed by atoms with Crippen LogP contribution in [0.3, 0.4) is 0 Å². The van der Waals surface area contributed by atoms with Crippen LogP contribution in [0.5, 0.6) is 0 Å². The molecule has 0 bridgehead atoms. The lowest BCUT2D eigenvalue weighted by Crippen LogP contribution is -2.25. The van der Waals surface area contributed by atoms with Gasteiger partial charge in [-0.1, -0.05) is 29.3 Å². The smallest absolute Gasteiger partial charge is 0.227 e. The highest BCUT2D eigenvalue weighted by Gasteiger charge is 2.09. The van der Waals surface area contributed by atoms with Crippen LogP contribution in [0.2, 0.25) is 10.0 Å². The second-order valence-corrected chi connectivity index (χ2v) is 6.26. The molecule has 2 rings (SSSR count). The van der Waals surface area contributed by atoms with Crippen molar-refractivity contribution in [2.75, 3.05) is 0 Å². The van der Waals surface area contributed by atoms with Crippen molar-refractivity contribution < 1.29 is 14.7 Å². The first-order valence-corrected chi connectivity index (χ1v) is 7.91. The van der Waals surface area contributed by atoms with Crippen molar-refractivity contribution in [3.8, 4) is 0 Å². The number of carbonyl (C=O) groups excluding carboxylic acids is 2. The summed E-state index contributed by atoms with van der Waals surface area (Å²) >= 11 is 13.1. The van der Waals surface area contributed by atoms with Gasteiger partial charge in [-0.25, -0.2) is 4.98 Å². The van der Waals surface area contributed by atoms with Gasteiger partial charge in [0, 0.05) is 34.4 Å². The highest BCUT2D eigenvalue weighted by Crippen LogP contribution is 2.20. The quantitative estimate of drug-likeness (QED) is 0.851. The molecule has 0 aliphatic carbocycles. The Kier molecular flexibility index (Phi) is 5.76. The van der Waals surface area contributed by atoms with Crippen LogP contribution in [0.15, 0.2) is 23.6 Å². The SMILES string of the molecule is O=C([O-])Cc1csc(CC(=O)NCc2ccc(Cl)cc2Cl)n1. The van der Waals surface area contributed by atoms with Crippen LogP contribution in [0.25, 0.3) is 0 Å². The van der Waals surface area contributed by atoms with Gasteiger partial charge in [-0.2, -0.15) is 0 Å². The maximum atomic E-state index is 11.9. The number of thiazole rings is 1. The van der Waals surface area contributed by atoms with Gasteiger partial charge in [-0.15, -0.1) is 11.3 Å². The fourth-order valence-corrected chi connectivity index (χ4v) is 2.99. The van der Waals surface area contributed by atoms with E-state index in [0.29, 0.717) is 20.7 Å². The summed E-state index contributed by atoms with van der Waals surface area (Å²) < 4.78 is 0. The van der Waals surface area contributed by atoms with E-state index in [-0.39, 0.29) is 25.3 Å². The lowest BCUT2D eigenvalue weighted by molar-refractivity contribution is -0.304. The number of benzene rings is 1. The van der Waals surface area contributed by atoms with Gasteiger partial charge < -0.3 is 15.2 Å². The zero-order chi connectivity index (χ0) is 16.1. The van der Waals surface area contributed by atoms with Crippen LogP contribution < -0.4 is 10.4 Å². The molecular weight excluding hydrogens is 347 g/mol. The van der Waals surface area contributed by atoms with E-state index in [4.69, 9.17) is 23.2 Å². The van der Waals surface area contributed by atoms with Gasteiger partial charge in [-0.3, -0.25) is 4.79 Å². The summed E-state index contributed by atoms with van der Waals surface area (Å²) in [6, 6.07) is 5.05. The summed E-state index contributed by atoms with van der Waals surface area (Å²) in [6.07, 6.45) is -0.165. The van der Waals surface area contributed by atoms with E-state index in [2.05, 4.69) is 10.3 Å². The lowest BCUT2D eigenvalue weighted by atomic mass is 10.2. The van der Waals surface area contributed by atoms with Crippen molar-refractivity contribution >= 4 is 46.4 Å².